The van der Waals surface area contributed by atoms with E-state index in [1.54, 1.807) is 0 Å². The van der Waals surface area contributed by atoms with Gasteiger partial charge in [-0.2, -0.15) is 9.84 Å². The number of aliphatic carboxylic acids is 1. The summed E-state index contributed by atoms with van der Waals surface area (Å²) < 4.78 is 7.55. The Kier molecular flexibility index (Phi) is 18.4. The summed E-state index contributed by atoms with van der Waals surface area (Å²) in [7, 11) is 0. The maximum absolute atomic E-state index is 12.2. The summed E-state index contributed by atoms with van der Waals surface area (Å²) in [6.07, 6.45) is 24.9. The number of hydrogen-bond donors (Lipinski definition) is 1. The lowest BCUT2D eigenvalue weighted by Crippen LogP contribution is -2.35. The Morgan fingerprint density at radius 1 is 0.823 bits per heavy atom. The zero-order valence-corrected chi connectivity index (χ0v) is 40.3. The van der Waals surface area contributed by atoms with E-state index >= 15 is 0 Å². The number of benzene rings is 2. The van der Waals surface area contributed by atoms with Gasteiger partial charge in [0.05, 0.1) is 23.6 Å². The van der Waals surface area contributed by atoms with Crippen LogP contribution in [0.4, 0.5) is 11.4 Å². The maximum Gasteiger partial charge on any atom is 0.309 e. The Balaban J connectivity index is 1.94. The monoisotopic (exact) mass is 847 g/mol. The molecule has 0 aromatic heterocycles. The van der Waals surface area contributed by atoms with Crippen molar-refractivity contribution in [2.45, 2.75) is 194 Å². The Bertz CT molecular complexity index is 1990. The van der Waals surface area contributed by atoms with Crippen LogP contribution in [-0.2, 0) is 36.0 Å². The van der Waals surface area contributed by atoms with Gasteiger partial charge in [0.1, 0.15) is 13.0 Å². The van der Waals surface area contributed by atoms with Crippen molar-refractivity contribution < 1.29 is 24.0 Å². The van der Waals surface area contributed by atoms with E-state index in [-0.39, 0.29) is 34.7 Å². The third kappa shape index (κ3) is 12.2. The normalized spacial score (nSPS) is 18.1. The summed E-state index contributed by atoms with van der Waals surface area (Å²) >= 11 is 0. The molecule has 2 aromatic rings. The van der Waals surface area contributed by atoms with E-state index in [2.05, 4.69) is 133 Å². The number of carbonyl (C=O) groups is 2. The van der Waals surface area contributed by atoms with E-state index in [0.717, 1.165) is 99.8 Å². The second-order valence-corrected chi connectivity index (χ2v) is 20.2. The molecule has 2 aliphatic rings. The van der Waals surface area contributed by atoms with Gasteiger partial charge in [-0.3, -0.25) is 9.59 Å². The Morgan fingerprint density at radius 3 is 1.92 bits per heavy atom. The zero-order valence-electron chi connectivity index (χ0n) is 40.3. The first-order valence-electron chi connectivity index (χ1n) is 24.0. The molecular formula is C55H80N3O4+. The van der Waals surface area contributed by atoms with E-state index in [1.807, 2.05) is 12.2 Å². The molecule has 2 aliphatic heterocycles. The van der Waals surface area contributed by atoms with Gasteiger partial charge in [-0.15, -0.1) is 0 Å². The number of ether oxygens (including phenoxy) is 1. The number of rotatable bonds is 25. The number of carbonyl (C=O) groups excluding carboxylic acids is 1. The predicted octanol–water partition coefficient (Wildman–Crippen LogP) is 13.8. The first kappa shape index (κ1) is 50.2. The fraction of sp³-hybridized carbons (Fsp3) is 0.600. The van der Waals surface area contributed by atoms with Gasteiger partial charge >= 0.3 is 5.97 Å². The molecule has 2 aromatic carbocycles. The molecule has 4 rings (SSSR count). The molecule has 0 bridgehead atoms. The van der Waals surface area contributed by atoms with Gasteiger partial charge in [0.25, 0.3) is 6.47 Å². The van der Waals surface area contributed by atoms with Crippen LogP contribution in [0.3, 0.4) is 0 Å². The summed E-state index contributed by atoms with van der Waals surface area (Å²) in [5.74, 6) is -0.818. The van der Waals surface area contributed by atoms with Crippen molar-refractivity contribution in [1.82, 2.24) is 0 Å². The molecule has 7 heteroatoms. The Morgan fingerprint density at radius 2 is 1.39 bits per heavy atom. The number of unbranched alkanes of at least 4 members (excludes halogenated alkanes) is 9. The molecule has 0 saturated heterocycles. The van der Waals surface area contributed by atoms with Crippen LogP contribution in [0.25, 0.3) is 0 Å². The van der Waals surface area contributed by atoms with E-state index < -0.39 is 5.97 Å². The van der Waals surface area contributed by atoms with Gasteiger partial charge in [0.2, 0.25) is 5.69 Å². The van der Waals surface area contributed by atoms with Crippen molar-refractivity contribution in [3.05, 3.63) is 94.2 Å². The molecule has 0 saturated carbocycles. The number of nitrogens with zero attached hydrogens (tertiary/aromatic N) is 3. The van der Waals surface area contributed by atoms with Crippen LogP contribution in [0.2, 0.25) is 0 Å². The molecule has 0 fully saturated rings. The quantitative estimate of drug-likeness (QED) is 0.0352. The van der Waals surface area contributed by atoms with Crippen molar-refractivity contribution in [2.75, 3.05) is 24.6 Å². The second-order valence-electron chi connectivity index (χ2n) is 20.2. The molecule has 1 unspecified atom stereocenters. The van der Waals surface area contributed by atoms with Crippen LogP contribution in [0.5, 0.6) is 0 Å². The minimum Gasteiger partial charge on any atom is -0.481 e. The third-order valence-electron chi connectivity index (χ3n) is 13.5. The van der Waals surface area contributed by atoms with Crippen molar-refractivity contribution in [1.29, 1.82) is 5.26 Å². The number of nitriles is 1. The molecule has 1 N–H and O–H groups in total. The highest BCUT2D eigenvalue weighted by molar-refractivity contribution is 6.04. The summed E-state index contributed by atoms with van der Waals surface area (Å²) in [4.78, 5) is 25.8. The van der Waals surface area contributed by atoms with E-state index in [9.17, 15) is 20.0 Å². The number of carboxylic acid groups (broad SMARTS) is 1. The smallest absolute Gasteiger partial charge is 0.309 e. The lowest BCUT2D eigenvalue weighted by atomic mass is 9.69. The largest absolute Gasteiger partial charge is 0.481 e. The number of allylic oxidation sites excluding steroid dienone is 6. The first-order valence-corrected chi connectivity index (χ1v) is 24.0. The topological polar surface area (TPSA) is 93.6 Å². The summed E-state index contributed by atoms with van der Waals surface area (Å²) in [5.41, 5.74) is 9.40. The molecule has 2 heterocycles. The van der Waals surface area contributed by atoms with Crippen molar-refractivity contribution >= 4 is 29.5 Å². The summed E-state index contributed by atoms with van der Waals surface area (Å²) in [6, 6.07) is 16.2. The van der Waals surface area contributed by atoms with Crippen LogP contribution in [0.15, 0.2) is 72.0 Å². The number of carboxylic acids is 1. The first-order chi connectivity index (χ1) is 29.5. The van der Waals surface area contributed by atoms with E-state index in [4.69, 9.17) is 4.74 Å². The molecule has 1 atom stereocenters. The van der Waals surface area contributed by atoms with Crippen LogP contribution in [0, 0.1) is 11.3 Å². The molecule has 0 aliphatic carbocycles. The molecule has 338 valence electrons. The van der Waals surface area contributed by atoms with Gasteiger partial charge < -0.3 is 14.7 Å². The molecule has 62 heavy (non-hydrogen) atoms. The van der Waals surface area contributed by atoms with Gasteiger partial charge in [-0.1, -0.05) is 158 Å². The minimum atomic E-state index is -0.818. The van der Waals surface area contributed by atoms with Crippen molar-refractivity contribution in [2.24, 2.45) is 0 Å². The highest BCUT2D eigenvalue weighted by atomic mass is 16.5. The van der Waals surface area contributed by atoms with Crippen LogP contribution in [0.1, 0.15) is 194 Å². The highest BCUT2D eigenvalue weighted by Gasteiger charge is 2.51. The predicted molar refractivity (Wildman–Crippen MR) is 258 cm³/mol. The molecule has 0 radical (unpaired) electrons. The van der Waals surface area contributed by atoms with Crippen LogP contribution < -0.4 is 4.90 Å². The van der Waals surface area contributed by atoms with E-state index in [0.29, 0.717) is 25.1 Å². The van der Waals surface area contributed by atoms with Crippen LogP contribution >= 0.6 is 0 Å². The van der Waals surface area contributed by atoms with Crippen molar-refractivity contribution in [3.8, 4) is 6.07 Å². The Hall–Kier alpha value is -4.44. The molecule has 0 amide bonds. The average Bonchev–Trinajstić information content (AvgIpc) is 3.62. The highest BCUT2D eigenvalue weighted by Crippen LogP contribution is 2.52. The van der Waals surface area contributed by atoms with Crippen LogP contribution in [-0.4, -0.2) is 47.5 Å². The standard InChI is InChI=1S/C55H79N3O4/c1-11-14-17-20-32-54(10)45-38-43(52(4,5)6)25-27-47(45)58(36-37-62-41-59)49(54)29-23-42(40-56)24-30-50-55(33-21-18-15-12-2,34-22-19-16-13-3)46-39-44(53(7,8)9)26-28-48(46)57(50)35-31-51(60)61/h23-30,38-39,41H,11-22,31-37H2,1-10H3/p+1. The van der Waals surface area contributed by atoms with E-state index in [1.165, 1.54) is 41.5 Å². The van der Waals surface area contributed by atoms with Gasteiger partial charge in [0.15, 0.2) is 12.3 Å². The summed E-state index contributed by atoms with van der Waals surface area (Å²) in [5, 5.41) is 20.9. The van der Waals surface area contributed by atoms with Crippen molar-refractivity contribution in [3.63, 3.8) is 0 Å². The molecule has 0 spiro atoms. The molecule has 7 nitrogen and oxygen atoms in total. The second kappa shape index (κ2) is 22.8. The lowest BCUT2D eigenvalue weighted by molar-refractivity contribution is -0.436. The number of hydrogen-bond acceptors (Lipinski definition) is 5. The number of anilines is 1. The van der Waals surface area contributed by atoms with Gasteiger partial charge in [-0.25, -0.2) is 0 Å². The number of fused-ring (bicyclic) bond motifs is 2. The SMILES string of the molecule is CCCCCCC1(CCCCCC)C(/C=C/C(C#N)=C/C=C2/N(CCOC=O)c3ccc(C(C)(C)C)cc3C2(C)CCCCCC)=[N+](CCC(=O)O)c2ccc(C(C)(C)C)cc21. The van der Waals surface area contributed by atoms with Gasteiger partial charge in [0, 0.05) is 34.5 Å². The fourth-order valence-corrected chi connectivity index (χ4v) is 9.79. The minimum absolute atomic E-state index is 0.0184. The molecular weight excluding hydrogens is 767 g/mol. The Labute approximate surface area is 376 Å². The zero-order chi connectivity index (χ0) is 45.6. The summed E-state index contributed by atoms with van der Waals surface area (Å²) in [6.45, 7) is 24.3. The third-order valence-corrected chi connectivity index (χ3v) is 13.5. The van der Waals surface area contributed by atoms with Gasteiger partial charge in [-0.05, 0) is 84.1 Å². The lowest BCUT2D eigenvalue weighted by Gasteiger charge is -2.31. The maximum atomic E-state index is 12.2. The fourth-order valence-electron chi connectivity index (χ4n) is 9.79. The average molecular weight is 847 g/mol.